The van der Waals surface area contributed by atoms with E-state index in [0.717, 1.165) is 31.7 Å². The molecule has 144 valence electrons. The van der Waals surface area contributed by atoms with Gasteiger partial charge in [-0.2, -0.15) is 0 Å². The minimum Gasteiger partial charge on any atom is -0.369 e. The highest BCUT2D eigenvalue weighted by Gasteiger charge is 2.33. The van der Waals surface area contributed by atoms with Gasteiger partial charge in [-0.15, -0.1) is 0 Å². The Morgan fingerprint density at radius 3 is 2.39 bits per heavy atom. The molecule has 4 nitrogen and oxygen atoms in total. The molecule has 0 saturated carbocycles. The first-order valence-corrected chi connectivity index (χ1v) is 10.7. The third-order valence-corrected chi connectivity index (χ3v) is 6.52. The van der Waals surface area contributed by atoms with Gasteiger partial charge in [-0.3, -0.25) is 14.6 Å². The number of carbonyl (C=O) groups excluding carboxylic acids is 1. The molecule has 2 aliphatic heterocycles. The lowest BCUT2D eigenvalue weighted by Gasteiger charge is -2.38. The van der Waals surface area contributed by atoms with Crippen LogP contribution in [0.2, 0.25) is 0 Å². The first kappa shape index (κ1) is 19.2. The van der Waals surface area contributed by atoms with Crippen LogP contribution in [0, 0.1) is 6.92 Å². The number of hydrogen-bond donors (Lipinski definition) is 0. The molecule has 6 heteroatoms. The minimum absolute atomic E-state index is 0.0141. The number of benzene rings is 2. The molecule has 0 bridgehead atoms. The molecule has 28 heavy (non-hydrogen) atoms. The van der Waals surface area contributed by atoms with Crippen LogP contribution >= 0.6 is 24.0 Å². The molecule has 4 rings (SSSR count). The first-order chi connectivity index (χ1) is 13.6. The highest BCUT2D eigenvalue weighted by molar-refractivity contribution is 8.26. The van der Waals surface area contributed by atoms with Crippen molar-refractivity contribution in [2.45, 2.75) is 6.92 Å². The number of rotatable bonds is 4. The quantitative estimate of drug-likeness (QED) is 0.562. The molecule has 2 saturated heterocycles. The van der Waals surface area contributed by atoms with Crippen LogP contribution in [0.1, 0.15) is 11.1 Å². The van der Waals surface area contributed by atoms with E-state index >= 15 is 0 Å². The van der Waals surface area contributed by atoms with Crippen LogP contribution in [0.3, 0.4) is 0 Å². The van der Waals surface area contributed by atoms with Crippen LogP contribution in [0.15, 0.2) is 59.5 Å². The van der Waals surface area contributed by atoms with Crippen molar-refractivity contribution in [2.75, 3.05) is 37.7 Å². The average Bonchev–Trinajstić information content (AvgIpc) is 2.97. The van der Waals surface area contributed by atoms with Gasteiger partial charge in [0.2, 0.25) is 0 Å². The van der Waals surface area contributed by atoms with Gasteiger partial charge >= 0.3 is 0 Å². The molecular weight excluding hydrogens is 386 g/mol. The van der Waals surface area contributed by atoms with Crippen LogP contribution in [0.25, 0.3) is 6.08 Å². The van der Waals surface area contributed by atoms with Gasteiger partial charge in [-0.25, -0.2) is 0 Å². The van der Waals surface area contributed by atoms with Crippen molar-refractivity contribution in [3.05, 3.63) is 70.6 Å². The highest BCUT2D eigenvalue weighted by Crippen LogP contribution is 2.32. The van der Waals surface area contributed by atoms with E-state index < -0.39 is 0 Å². The number of hydrogen-bond acceptors (Lipinski definition) is 5. The molecule has 0 aromatic heterocycles. The standard InChI is InChI=1S/C22H23N3OS2/c1-17-7-5-6-10-19(17)24-13-11-23(12-14-24)16-25-21(26)20(28-22(25)27)15-18-8-3-2-4-9-18/h2-10,15H,11-14,16H2,1H3/b20-15+. The number of thioether (sulfide) groups is 1. The lowest BCUT2D eigenvalue weighted by atomic mass is 10.1. The molecule has 2 aromatic rings. The summed E-state index contributed by atoms with van der Waals surface area (Å²) in [5.41, 5.74) is 3.63. The number of aryl methyl sites for hydroxylation is 1. The van der Waals surface area contributed by atoms with Crippen LogP contribution in [0.5, 0.6) is 0 Å². The summed E-state index contributed by atoms with van der Waals surface area (Å²) in [4.78, 5) is 20.0. The Hall–Kier alpha value is -2.15. The number of anilines is 1. The minimum atomic E-state index is 0.0141. The van der Waals surface area contributed by atoms with Gasteiger partial charge < -0.3 is 4.90 Å². The van der Waals surface area contributed by atoms with E-state index in [-0.39, 0.29) is 5.91 Å². The Morgan fingerprint density at radius 2 is 1.68 bits per heavy atom. The van der Waals surface area contributed by atoms with Gasteiger partial charge in [0.1, 0.15) is 4.32 Å². The number of carbonyl (C=O) groups is 1. The molecule has 2 fully saturated rings. The number of piperazine rings is 1. The van der Waals surface area contributed by atoms with Crippen molar-refractivity contribution in [1.82, 2.24) is 9.80 Å². The maximum Gasteiger partial charge on any atom is 0.267 e. The van der Waals surface area contributed by atoms with E-state index in [2.05, 4.69) is 41.0 Å². The average molecular weight is 410 g/mol. The molecule has 2 heterocycles. The van der Waals surface area contributed by atoms with Crippen LogP contribution < -0.4 is 4.90 Å². The smallest absolute Gasteiger partial charge is 0.267 e. The second-order valence-electron chi connectivity index (χ2n) is 7.05. The van der Waals surface area contributed by atoms with Gasteiger partial charge in [-0.05, 0) is 30.2 Å². The third kappa shape index (κ3) is 4.14. The topological polar surface area (TPSA) is 26.8 Å². The van der Waals surface area contributed by atoms with Gasteiger partial charge in [0.25, 0.3) is 5.91 Å². The molecule has 0 aliphatic carbocycles. The fourth-order valence-electron chi connectivity index (χ4n) is 3.57. The van der Waals surface area contributed by atoms with Crippen LogP contribution in [-0.2, 0) is 4.79 Å². The summed E-state index contributed by atoms with van der Waals surface area (Å²) in [5.74, 6) is 0.0141. The zero-order valence-corrected chi connectivity index (χ0v) is 17.5. The maximum atomic E-state index is 12.8. The summed E-state index contributed by atoms with van der Waals surface area (Å²) >= 11 is 6.88. The lowest BCUT2D eigenvalue weighted by molar-refractivity contribution is -0.123. The van der Waals surface area contributed by atoms with Gasteiger partial charge in [0, 0.05) is 31.9 Å². The predicted octanol–water partition coefficient (Wildman–Crippen LogP) is 3.98. The largest absolute Gasteiger partial charge is 0.369 e. The fraction of sp³-hybridized carbons (Fsp3) is 0.273. The summed E-state index contributed by atoms with van der Waals surface area (Å²) in [6, 6.07) is 18.4. The zero-order chi connectivity index (χ0) is 19.5. The second-order valence-corrected chi connectivity index (χ2v) is 8.73. The van der Waals surface area contributed by atoms with Crippen molar-refractivity contribution >= 4 is 46.0 Å². The lowest BCUT2D eigenvalue weighted by Crippen LogP contribution is -2.51. The number of nitrogens with zero attached hydrogens (tertiary/aromatic N) is 3. The second kappa shape index (κ2) is 8.47. The van der Waals surface area contributed by atoms with Crippen LogP contribution in [-0.4, -0.2) is 52.9 Å². The molecule has 2 aromatic carbocycles. The molecule has 0 N–H and O–H groups in total. The van der Waals surface area contributed by atoms with Crippen molar-refractivity contribution in [3.63, 3.8) is 0 Å². The maximum absolute atomic E-state index is 12.8. The van der Waals surface area contributed by atoms with E-state index in [1.165, 1.54) is 23.0 Å². The van der Waals surface area contributed by atoms with Gasteiger partial charge in [0.05, 0.1) is 11.6 Å². The van der Waals surface area contributed by atoms with Crippen LogP contribution in [0.4, 0.5) is 5.69 Å². The predicted molar refractivity (Wildman–Crippen MR) is 121 cm³/mol. The fourth-order valence-corrected chi connectivity index (χ4v) is 4.81. The zero-order valence-electron chi connectivity index (χ0n) is 15.9. The van der Waals surface area contributed by atoms with E-state index in [4.69, 9.17) is 12.2 Å². The molecule has 2 aliphatic rings. The Balaban J connectivity index is 1.37. The molecule has 0 atom stereocenters. The summed E-state index contributed by atoms with van der Waals surface area (Å²) in [6.07, 6.45) is 1.93. The highest BCUT2D eigenvalue weighted by atomic mass is 32.2. The Morgan fingerprint density at radius 1 is 1.00 bits per heavy atom. The monoisotopic (exact) mass is 409 g/mol. The van der Waals surface area contributed by atoms with E-state index in [1.807, 2.05) is 36.4 Å². The van der Waals surface area contributed by atoms with Gasteiger partial charge in [-0.1, -0.05) is 72.5 Å². The van der Waals surface area contributed by atoms with Crippen molar-refractivity contribution in [1.29, 1.82) is 0 Å². The summed E-state index contributed by atoms with van der Waals surface area (Å²) in [6.45, 7) is 6.48. The van der Waals surface area contributed by atoms with Crippen molar-refractivity contribution in [2.24, 2.45) is 0 Å². The molecule has 0 radical (unpaired) electrons. The Labute approximate surface area is 175 Å². The summed E-state index contributed by atoms with van der Waals surface area (Å²) < 4.78 is 0.647. The summed E-state index contributed by atoms with van der Waals surface area (Å²) in [5, 5.41) is 0. The van der Waals surface area contributed by atoms with Crippen molar-refractivity contribution in [3.8, 4) is 0 Å². The SMILES string of the molecule is Cc1ccccc1N1CCN(CN2C(=O)/C(=C\c3ccccc3)SC2=S)CC1. The summed E-state index contributed by atoms with van der Waals surface area (Å²) in [7, 11) is 0. The molecule has 0 unspecified atom stereocenters. The number of para-hydroxylation sites is 1. The van der Waals surface area contributed by atoms with E-state index in [9.17, 15) is 4.79 Å². The third-order valence-electron chi connectivity index (χ3n) is 5.14. The van der Waals surface area contributed by atoms with Crippen molar-refractivity contribution < 1.29 is 4.79 Å². The van der Waals surface area contributed by atoms with E-state index in [0.29, 0.717) is 15.9 Å². The first-order valence-electron chi connectivity index (χ1n) is 9.45. The molecule has 0 spiro atoms. The number of amides is 1. The number of thiocarbonyl (C=S) groups is 1. The van der Waals surface area contributed by atoms with E-state index in [1.54, 1.807) is 4.90 Å². The molecular formula is C22H23N3OS2. The Bertz CT molecular complexity index is 905. The Kier molecular flexibility index (Phi) is 5.80. The molecule has 1 amide bonds. The van der Waals surface area contributed by atoms with Gasteiger partial charge in [0.15, 0.2) is 0 Å². The normalized spacial score (nSPS) is 19.7.